The Morgan fingerprint density at radius 1 is 1.21 bits per heavy atom. The van der Waals surface area contributed by atoms with E-state index in [0.717, 1.165) is 30.0 Å². The van der Waals surface area contributed by atoms with Crippen LogP contribution in [-0.4, -0.2) is 92.6 Å². The van der Waals surface area contributed by atoms with Gasteiger partial charge in [-0.15, -0.1) is 0 Å². The number of nitrogens with zero attached hydrogens (tertiary/aromatic N) is 4. The first-order chi connectivity index (χ1) is 18.8. The first kappa shape index (κ1) is 29.3. The molecule has 39 heavy (non-hydrogen) atoms. The smallest absolute Gasteiger partial charge is 0.259 e. The average Bonchev–Trinajstić information content (AvgIpc) is 3.43. The first-order valence-corrected chi connectivity index (χ1v) is 14.0. The number of rotatable bonds is 10. The van der Waals surface area contributed by atoms with Crippen LogP contribution in [0.25, 0.3) is 0 Å². The van der Waals surface area contributed by atoms with Crippen molar-refractivity contribution in [3.05, 3.63) is 58.6 Å². The van der Waals surface area contributed by atoms with Gasteiger partial charge in [-0.3, -0.25) is 19.8 Å². The molecule has 2 aliphatic heterocycles. The summed E-state index contributed by atoms with van der Waals surface area (Å²) in [6.07, 6.45) is 1.61. The molecule has 2 atom stereocenters. The third-order valence-corrected chi connectivity index (χ3v) is 7.90. The van der Waals surface area contributed by atoms with E-state index in [1.165, 1.54) is 12.8 Å². The van der Waals surface area contributed by atoms with Gasteiger partial charge >= 0.3 is 0 Å². The lowest BCUT2D eigenvalue weighted by molar-refractivity contribution is -0.130. The fraction of sp³-hybridized carbons (Fsp3) is 0.517. The Labute approximate surface area is 236 Å². The summed E-state index contributed by atoms with van der Waals surface area (Å²) in [4.78, 5) is 33.8. The monoisotopic (exact) mass is 557 g/mol. The molecule has 1 saturated heterocycles. The molecule has 0 saturated carbocycles. The van der Waals surface area contributed by atoms with Crippen LogP contribution in [0.1, 0.15) is 42.1 Å². The van der Waals surface area contributed by atoms with E-state index in [2.05, 4.69) is 10.2 Å². The van der Waals surface area contributed by atoms with Crippen LogP contribution >= 0.6 is 11.6 Å². The molecule has 2 N–H and O–H groups in total. The summed E-state index contributed by atoms with van der Waals surface area (Å²) in [6, 6.07) is 13.3. The number of carbonyl (C=O) groups excluding carboxylic acids is 2. The van der Waals surface area contributed by atoms with E-state index in [4.69, 9.17) is 16.3 Å². The van der Waals surface area contributed by atoms with Crippen LogP contribution in [0.4, 0.5) is 11.4 Å². The molecular formula is C29H40ClN5O4. The van der Waals surface area contributed by atoms with Gasteiger partial charge in [0.05, 0.1) is 17.2 Å². The van der Waals surface area contributed by atoms with E-state index in [0.29, 0.717) is 43.4 Å². The summed E-state index contributed by atoms with van der Waals surface area (Å²) in [5.74, 6) is -0.188. The van der Waals surface area contributed by atoms with Crippen LogP contribution in [0.3, 0.4) is 0 Å². The highest BCUT2D eigenvalue weighted by atomic mass is 35.5. The lowest BCUT2D eigenvalue weighted by atomic mass is 10.1. The number of para-hydroxylation sites is 1. The van der Waals surface area contributed by atoms with Crippen molar-refractivity contribution in [3.63, 3.8) is 0 Å². The van der Waals surface area contributed by atoms with Gasteiger partial charge in [-0.25, -0.2) is 0 Å². The fourth-order valence-corrected chi connectivity index (χ4v) is 5.47. The molecule has 0 aliphatic carbocycles. The van der Waals surface area contributed by atoms with E-state index in [1.54, 1.807) is 24.0 Å². The maximum absolute atomic E-state index is 13.9. The summed E-state index contributed by atoms with van der Waals surface area (Å²) >= 11 is 6.67. The normalized spacial score (nSPS) is 18.5. The zero-order valence-electron chi connectivity index (χ0n) is 23.1. The number of amides is 2. The highest BCUT2D eigenvalue weighted by Gasteiger charge is 2.33. The molecular weight excluding hydrogens is 518 g/mol. The third kappa shape index (κ3) is 7.10. The number of carbonyl (C=O) groups is 2. The van der Waals surface area contributed by atoms with Crippen molar-refractivity contribution in [1.29, 1.82) is 0 Å². The molecule has 9 nitrogen and oxygen atoms in total. The molecule has 2 amide bonds. The number of nitrogens with one attached hydrogen (secondary N) is 1. The zero-order valence-corrected chi connectivity index (χ0v) is 23.9. The maximum Gasteiger partial charge on any atom is 0.259 e. The van der Waals surface area contributed by atoms with Gasteiger partial charge in [0, 0.05) is 77.3 Å². The van der Waals surface area contributed by atoms with Crippen molar-refractivity contribution < 1.29 is 19.4 Å². The lowest BCUT2D eigenvalue weighted by Crippen LogP contribution is -2.52. The van der Waals surface area contributed by atoms with Gasteiger partial charge in [0.25, 0.3) is 5.91 Å². The summed E-state index contributed by atoms with van der Waals surface area (Å²) in [7, 11) is 3.34. The summed E-state index contributed by atoms with van der Waals surface area (Å²) < 4.78 is 5.03. The number of benzene rings is 2. The Morgan fingerprint density at radius 2 is 1.95 bits per heavy atom. The van der Waals surface area contributed by atoms with Crippen molar-refractivity contribution >= 4 is 34.8 Å². The maximum atomic E-state index is 13.9. The van der Waals surface area contributed by atoms with Crippen LogP contribution in [0.5, 0.6) is 0 Å². The number of aliphatic hydroxyl groups is 1. The second kappa shape index (κ2) is 13.6. The number of hydrogen-bond donors (Lipinski definition) is 2. The van der Waals surface area contributed by atoms with Gasteiger partial charge in [0.15, 0.2) is 6.35 Å². The van der Waals surface area contributed by atoms with Crippen LogP contribution in [-0.2, 0) is 16.1 Å². The van der Waals surface area contributed by atoms with Crippen molar-refractivity contribution in [2.24, 2.45) is 0 Å². The van der Waals surface area contributed by atoms with E-state index < -0.39 is 6.35 Å². The van der Waals surface area contributed by atoms with Crippen molar-refractivity contribution in [2.75, 3.05) is 63.3 Å². The molecule has 4 rings (SSSR count). The standard InChI is InChI=1S/C29H40ClN5O4/c1-21-19-35(28(37)24-11-10-23(18-25(24)30)33-14-6-7-15-33)26-9-5-4-8-22(26)20-34(21)29(38)31-13-12-27(36)32(2)16-17-39-3/h4-5,8-11,18,21,29,31,38H,6-7,12-17,19-20H2,1-3H3/t21-,29?/m1/s1. The average molecular weight is 558 g/mol. The largest absolute Gasteiger partial charge is 0.383 e. The number of ether oxygens (including phenoxy) is 1. The van der Waals surface area contributed by atoms with Gasteiger partial charge in [-0.1, -0.05) is 29.8 Å². The molecule has 1 unspecified atom stereocenters. The molecule has 2 heterocycles. The van der Waals surface area contributed by atoms with E-state index in [1.807, 2.05) is 54.3 Å². The minimum Gasteiger partial charge on any atom is -0.383 e. The third-order valence-electron chi connectivity index (χ3n) is 7.58. The van der Waals surface area contributed by atoms with E-state index >= 15 is 0 Å². The molecule has 2 aromatic rings. The Balaban J connectivity index is 1.46. The number of hydrogen-bond acceptors (Lipinski definition) is 7. The highest BCUT2D eigenvalue weighted by molar-refractivity contribution is 6.34. The molecule has 1 fully saturated rings. The Kier molecular flexibility index (Phi) is 10.2. The molecule has 2 aromatic carbocycles. The highest BCUT2D eigenvalue weighted by Crippen LogP contribution is 2.32. The van der Waals surface area contributed by atoms with Gasteiger partial charge < -0.3 is 24.5 Å². The van der Waals surface area contributed by atoms with Gasteiger partial charge in [0.1, 0.15) is 0 Å². The molecule has 0 aromatic heterocycles. The van der Waals surface area contributed by atoms with Crippen molar-refractivity contribution in [2.45, 2.75) is 45.1 Å². The number of aliphatic hydroxyl groups excluding tert-OH is 1. The molecule has 0 spiro atoms. The summed E-state index contributed by atoms with van der Waals surface area (Å²) in [5.41, 5.74) is 3.24. The minimum absolute atomic E-state index is 0.0228. The molecule has 0 radical (unpaired) electrons. The molecule has 10 heteroatoms. The molecule has 2 aliphatic rings. The van der Waals surface area contributed by atoms with Crippen LogP contribution in [0.2, 0.25) is 5.02 Å². The Bertz CT molecular complexity index is 1140. The first-order valence-electron chi connectivity index (χ1n) is 13.6. The zero-order chi connectivity index (χ0) is 27.9. The van der Waals surface area contributed by atoms with Crippen LogP contribution < -0.4 is 15.1 Å². The number of anilines is 2. The summed E-state index contributed by atoms with van der Waals surface area (Å²) in [6.45, 7) is 6.13. The predicted octanol–water partition coefficient (Wildman–Crippen LogP) is 3.15. The second-order valence-corrected chi connectivity index (χ2v) is 10.7. The second-order valence-electron chi connectivity index (χ2n) is 10.3. The minimum atomic E-state index is -0.983. The SMILES string of the molecule is COCCN(C)C(=O)CCNC(O)N1Cc2ccccc2N(C(=O)c2ccc(N3CCCC3)cc2Cl)C[C@H]1C. The number of fused-ring (bicyclic) bond motifs is 1. The van der Waals surface area contributed by atoms with E-state index in [-0.39, 0.29) is 24.3 Å². The predicted molar refractivity (Wildman–Crippen MR) is 154 cm³/mol. The quantitative estimate of drug-likeness (QED) is 0.434. The lowest BCUT2D eigenvalue weighted by Gasteiger charge is -2.33. The Morgan fingerprint density at radius 3 is 2.67 bits per heavy atom. The number of halogens is 1. The van der Waals surface area contributed by atoms with Gasteiger partial charge in [0.2, 0.25) is 5.91 Å². The van der Waals surface area contributed by atoms with Crippen LogP contribution in [0.15, 0.2) is 42.5 Å². The van der Waals surface area contributed by atoms with Crippen molar-refractivity contribution in [1.82, 2.24) is 15.1 Å². The number of methoxy groups -OCH3 is 1. The van der Waals surface area contributed by atoms with Crippen molar-refractivity contribution in [3.8, 4) is 0 Å². The fourth-order valence-electron chi connectivity index (χ4n) is 5.21. The number of likely N-dealkylation sites (N-methyl/N-ethyl adjacent to an activating group) is 1. The topological polar surface area (TPSA) is 88.6 Å². The van der Waals surface area contributed by atoms with Crippen LogP contribution in [0, 0.1) is 0 Å². The van der Waals surface area contributed by atoms with Gasteiger partial charge in [-0.05, 0) is 49.6 Å². The Hall–Kier alpha value is -2.69. The van der Waals surface area contributed by atoms with Gasteiger partial charge in [-0.2, -0.15) is 0 Å². The summed E-state index contributed by atoms with van der Waals surface area (Å²) in [5, 5.41) is 14.6. The molecule has 212 valence electrons. The van der Waals surface area contributed by atoms with E-state index in [9.17, 15) is 14.7 Å². The molecule has 0 bridgehead atoms.